The zero-order chi connectivity index (χ0) is 10.9. The lowest BCUT2D eigenvalue weighted by molar-refractivity contribution is 0.605. The van der Waals surface area contributed by atoms with Gasteiger partial charge in [0, 0.05) is 5.25 Å². The van der Waals surface area contributed by atoms with Crippen LogP contribution in [0.5, 0.6) is 0 Å². The summed E-state index contributed by atoms with van der Waals surface area (Å²) in [7, 11) is -3.55. The van der Waals surface area contributed by atoms with Gasteiger partial charge in [-0.05, 0) is 31.9 Å². The van der Waals surface area contributed by atoms with Crippen LogP contribution in [0, 0.1) is 32.4 Å². The number of benzene rings is 1. The van der Waals surface area contributed by atoms with Crippen LogP contribution < -0.4 is 0 Å². The van der Waals surface area contributed by atoms with E-state index in [9.17, 15) is 8.42 Å². The number of hydrogen-bond acceptors (Lipinski definition) is 2. The predicted molar refractivity (Wildman–Crippen MR) is 56.7 cm³/mol. The van der Waals surface area contributed by atoms with Gasteiger partial charge in [0.2, 0.25) is 9.84 Å². The number of rotatable bonds is 1. The van der Waals surface area contributed by atoms with Crippen LogP contribution in [0.1, 0.15) is 16.7 Å². The van der Waals surface area contributed by atoms with E-state index in [0.717, 1.165) is 5.56 Å². The first-order chi connectivity index (χ1) is 6.38. The van der Waals surface area contributed by atoms with Crippen molar-refractivity contribution in [3.63, 3.8) is 0 Å². The molecule has 74 valence electrons. The van der Waals surface area contributed by atoms with E-state index < -0.39 is 9.84 Å². The molecule has 0 saturated heterocycles. The summed E-state index contributed by atoms with van der Waals surface area (Å²) in [6, 6.07) is 3.63. The fraction of sp³-hybridized carbons (Fsp3) is 0.273. The number of aryl methyl sites for hydroxylation is 3. The van der Waals surface area contributed by atoms with Crippen LogP contribution in [0.15, 0.2) is 17.0 Å². The molecule has 0 aliphatic heterocycles. The van der Waals surface area contributed by atoms with E-state index in [1.165, 1.54) is 0 Å². The van der Waals surface area contributed by atoms with Gasteiger partial charge in [-0.1, -0.05) is 17.7 Å². The Morgan fingerprint density at radius 1 is 1.14 bits per heavy atom. The van der Waals surface area contributed by atoms with Crippen molar-refractivity contribution in [1.82, 2.24) is 0 Å². The molecule has 0 heterocycles. The molecule has 0 fully saturated rings. The van der Waals surface area contributed by atoms with Gasteiger partial charge < -0.3 is 0 Å². The highest BCUT2D eigenvalue weighted by molar-refractivity contribution is 7.96. The minimum atomic E-state index is -3.55. The van der Waals surface area contributed by atoms with Gasteiger partial charge in [0.05, 0.1) is 4.90 Å². The third-order valence-corrected chi connectivity index (χ3v) is 3.52. The monoisotopic (exact) mass is 208 g/mol. The Morgan fingerprint density at radius 2 is 1.57 bits per heavy atom. The third-order valence-electron chi connectivity index (χ3n) is 2.03. The largest absolute Gasteiger partial charge is 0.245 e. The molecule has 0 bridgehead atoms. The van der Waals surface area contributed by atoms with Crippen molar-refractivity contribution in [2.45, 2.75) is 25.7 Å². The Balaban J connectivity index is 3.62. The maximum atomic E-state index is 11.5. The maximum Gasteiger partial charge on any atom is 0.245 e. The average Bonchev–Trinajstić information content (AvgIpc) is 2.01. The molecule has 0 aliphatic rings. The molecule has 3 heteroatoms. The summed E-state index contributed by atoms with van der Waals surface area (Å²) in [5, 5.41) is 1.83. The summed E-state index contributed by atoms with van der Waals surface area (Å²) in [5.74, 6) is 0. The summed E-state index contributed by atoms with van der Waals surface area (Å²) in [6.07, 6.45) is 4.98. The van der Waals surface area contributed by atoms with E-state index in [0.29, 0.717) is 11.1 Å². The van der Waals surface area contributed by atoms with Gasteiger partial charge in [-0.25, -0.2) is 8.42 Å². The quantitative estimate of drug-likeness (QED) is 0.522. The van der Waals surface area contributed by atoms with Gasteiger partial charge in [0.25, 0.3) is 0 Å². The van der Waals surface area contributed by atoms with Crippen LogP contribution in [0.2, 0.25) is 0 Å². The summed E-state index contributed by atoms with van der Waals surface area (Å²) in [6.45, 7) is 5.43. The van der Waals surface area contributed by atoms with E-state index in [1.54, 1.807) is 13.8 Å². The fourth-order valence-corrected chi connectivity index (χ4v) is 2.73. The molecule has 0 unspecified atom stereocenters. The SMILES string of the molecule is C#CS(=O)(=O)c1c(C)cc(C)cc1C. The van der Waals surface area contributed by atoms with Crippen LogP contribution >= 0.6 is 0 Å². The number of sulfone groups is 1. The van der Waals surface area contributed by atoms with E-state index in [1.807, 2.05) is 24.3 Å². The predicted octanol–water partition coefficient (Wildman–Crippen LogP) is 1.98. The van der Waals surface area contributed by atoms with Crippen molar-refractivity contribution in [1.29, 1.82) is 0 Å². The Bertz CT molecular complexity index is 482. The van der Waals surface area contributed by atoms with Crippen molar-refractivity contribution in [3.8, 4) is 11.7 Å². The van der Waals surface area contributed by atoms with E-state index in [-0.39, 0.29) is 4.90 Å². The van der Waals surface area contributed by atoms with Crippen LogP contribution in [0.4, 0.5) is 0 Å². The van der Waals surface area contributed by atoms with Gasteiger partial charge >= 0.3 is 0 Å². The van der Waals surface area contributed by atoms with Gasteiger partial charge in [0.1, 0.15) is 0 Å². The highest BCUT2D eigenvalue weighted by Gasteiger charge is 2.16. The summed E-state index contributed by atoms with van der Waals surface area (Å²) < 4.78 is 23.0. The Kier molecular flexibility index (Phi) is 2.68. The van der Waals surface area contributed by atoms with Crippen molar-refractivity contribution in [2.75, 3.05) is 0 Å². The Labute approximate surface area is 84.9 Å². The van der Waals surface area contributed by atoms with E-state index >= 15 is 0 Å². The second-order valence-electron chi connectivity index (χ2n) is 3.35. The minimum absolute atomic E-state index is 0.269. The van der Waals surface area contributed by atoms with Crippen LogP contribution in [0.25, 0.3) is 0 Å². The van der Waals surface area contributed by atoms with Crippen LogP contribution in [-0.2, 0) is 9.84 Å². The summed E-state index contributed by atoms with van der Waals surface area (Å²) >= 11 is 0. The molecule has 0 atom stereocenters. The van der Waals surface area contributed by atoms with Crippen LogP contribution in [0.3, 0.4) is 0 Å². The molecule has 2 nitrogen and oxygen atoms in total. The number of terminal acetylenes is 1. The summed E-state index contributed by atoms with van der Waals surface area (Å²) in [4.78, 5) is 0.269. The molecule has 1 rings (SSSR count). The van der Waals surface area contributed by atoms with Gasteiger partial charge in [0.15, 0.2) is 0 Å². The minimum Gasteiger partial charge on any atom is -0.210 e. The van der Waals surface area contributed by atoms with Crippen molar-refractivity contribution in [2.24, 2.45) is 0 Å². The highest BCUT2D eigenvalue weighted by atomic mass is 32.2. The molecular weight excluding hydrogens is 196 g/mol. The fourth-order valence-electron chi connectivity index (χ4n) is 1.65. The van der Waals surface area contributed by atoms with Crippen LogP contribution in [-0.4, -0.2) is 8.42 Å². The molecule has 0 radical (unpaired) electrons. The van der Waals surface area contributed by atoms with E-state index in [4.69, 9.17) is 6.42 Å². The molecule has 0 aromatic heterocycles. The third kappa shape index (κ3) is 1.80. The van der Waals surface area contributed by atoms with Crippen molar-refractivity contribution < 1.29 is 8.42 Å². The first-order valence-electron chi connectivity index (χ1n) is 4.18. The molecule has 0 aliphatic carbocycles. The van der Waals surface area contributed by atoms with Gasteiger partial charge in [-0.3, -0.25) is 0 Å². The molecule has 0 spiro atoms. The maximum absolute atomic E-state index is 11.5. The lowest BCUT2D eigenvalue weighted by atomic mass is 10.1. The van der Waals surface area contributed by atoms with Crippen molar-refractivity contribution in [3.05, 3.63) is 28.8 Å². The molecule has 0 amide bonds. The van der Waals surface area contributed by atoms with Crippen molar-refractivity contribution >= 4 is 9.84 Å². The Hall–Kier alpha value is -1.27. The number of hydrogen-bond donors (Lipinski definition) is 0. The molecule has 14 heavy (non-hydrogen) atoms. The first-order valence-corrected chi connectivity index (χ1v) is 5.67. The molecule has 0 N–H and O–H groups in total. The average molecular weight is 208 g/mol. The standard InChI is InChI=1S/C11H12O2S/c1-5-14(12,13)11-9(3)6-8(2)7-10(11)4/h1,6-7H,2-4H3. The normalized spacial score (nSPS) is 11.0. The molecule has 1 aromatic carbocycles. The second-order valence-corrected chi connectivity index (χ2v) is 5.00. The zero-order valence-corrected chi connectivity index (χ0v) is 9.27. The first kappa shape index (κ1) is 10.8. The molecular formula is C11H12O2S. The molecule has 0 saturated carbocycles. The highest BCUT2D eigenvalue weighted by Crippen LogP contribution is 2.22. The zero-order valence-electron chi connectivity index (χ0n) is 8.46. The van der Waals surface area contributed by atoms with Gasteiger partial charge in [-0.2, -0.15) is 0 Å². The smallest absolute Gasteiger partial charge is 0.210 e. The van der Waals surface area contributed by atoms with E-state index in [2.05, 4.69) is 0 Å². The second kappa shape index (κ2) is 3.47. The summed E-state index contributed by atoms with van der Waals surface area (Å²) in [5.41, 5.74) is 2.46. The van der Waals surface area contributed by atoms with Gasteiger partial charge in [-0.15, -0.1) is 6.42 Å². The lowest BCUT2D eigenvalue weighted by Crippen LogP contribution is -2.02. The topological polar surface area (TPSA) is 34.1 Å². The Morgan fingerprint density at radius 3 is 1.93 bits per heavy atom. The lowest BCUT2D eigenvalue weighted by Gasteiger charge is -2.07. The molecule has 1 aromatic rings.